The molecule has 0 bridgehead atoms. The van der Waals surface area contributed by atoms with Crippen molar-refractivity contribution in [1.82, 2.24) is 10.6 Å². The topological polar surface area (TPSA) is 113 Å². The number of Topliss-reactive ketones (excluding diaryl/α,β-unsaturated/α-hetero) is 1. The summed E-state index contributed by atoms with van der Waals surface area (Å²) in [6.45, 7) is 4.16. The molecule has 0 aliphatic rings. The normalized spacial score (nSPS) is 13.3. The van der Waals surface area contributed by atoms with Gasteiger partial charge in [0.2, 0.25) is 11.8 Å². The molecule has 0 aliphatic heterocycles. The Bertz CT molecular complexity index is 353. The third-order valence-corrected chi connectivity index (χ3v) is 2.25. The van der Waals surface area contributed by atoms with Gasteiger partial charge in [-0.3, -0.25) is 19.2 Å². The molecule has 0 heterocycles. The van der Waals surface area contributed by atoms with Gasteiger partial charge in [-0.1, -0.05) is 0 Å². The van der Waals surface area contributed by atoms with Crippen LogP contribution >= 0.6 is 0 Å². The van der Waals surface area contributed by atoms with Gasteiger partial charge in [0.1, 0.15) is 6.04 Å². The standard InChI is InChI=1S/C11H18N2O5/c1-6(12-8(3)14)9(15)4-5-10(16)13-7(2)11(17)18/h6-7H,4-5H2,1-3H3,(H,12,14)(H,13,16)(H,17,18). The molecular weight excluding hydrogens is 240 g/mol. The van der Waals surface area contributed by atoms with Gasteiger partial charge < -0.3 is 15.7 Å². The number of amides is 2. The Labute approximate surface area is 105 Å². The summed E-state index contributed by atoms with van der Waals surface area (Å²) in [5.74, 6) is -2.24. The highest BCUT2D eigenvalue weighted by atomic mass is 16.4. The molecule has 0 rings (SSSR count). The van der Waals surface area contributed by atoms with Gasteiger partial charge in [-0.05, 0) is 13.8 Å². The second-order valence-corrected chi connectivity index (χ2v) is 4.02. The summed E-state index contributed by atoms with van der Waals surface area (Å²) in [7, 11) is 0. The van der Waals surface area contributed by atoms with Crippen LogP contribution < -0.4 is 10.6 Å². The highest BCUT2D eigenvalue weighted by Crippen LogP contribution is 1.97. The van der Waals surface area contributed by atoms with Crippen molar-refractivity contribution in [3.8, 4) is 0 Å². The molecule has 3 N–H and O–H groups in total. The van der Waals surface area contributed by atoms with Crippen LogP contribution in [0.25, 0.3) is 0 Å². The number of carboxylic acid groups (broad SMARTS) is 1. The first-order valence-electron chi connectivity index (χ1n) is 5.56. The zero-order chi connectivity index (χ0) is 14.3. The van der Waals surface area contributed by atoms with E-state index in [-0.39, 0.29) is 24.5 Å². The van der Waals surface area contributed by atoms with Crippen molar-refractivity contribution in [3.63, 3.8) is 0 Å². The third-order valence-electron chi connectivity index (χ3n) is 2.25. The lowest BCUT2D eigenvalue weighted by Gasteiger charge is -2.12. The van der Waals surface area contributed by atoms with E-state index >= 15 is 0 Å². The van der Waals surface area contributed by atoms with E-state index in [2.05, 4.69) is 10.6 Å². The quantitative estimate of drug-likeness (QED) is 0.567. The number of hydrogen-bond donors (Lipinski definition) is 3. The van der Waals surface area contributed by atoms with E-state index in [1.165, 1.54) is 20.8 Å². The van der Waals surface area contributed by atoms with Crippen LogP contribution in [0.15, 0.2) is 0 Å². The lowest BCUT2D eigenvalue weighted by molar-refractivity contribution is -0.141. The average molecular weight is 258 g/mol. The monoisotopic (exact) mass is 258 g/mol. The molecule has 0 spiro atoms. The maximum atomic E-state index is 11.5. The number of ketones is 1. The Morgan fingerprint density at radius 3 is 2.00 bits per heavy atom. The maximum absolute atomic E-state index is 11.5. The lowest BCUT2D eigenvalue weighted by Crippen LogP contribution is -2.40. The lowest BCUT2D eigenvalue weighted by atomic mass is 10.1. The molecule has 2 amide bonds. The first-order chi connectivity index (χ1) is 8.23. The smallest absolute Gasteiger partial charge is 0.325 e. The molecule has 0 saturated carbocycles. The van der Waals surface area contributed by atoms with Crippen LogP contribution in [0.5, 0.6) is 0 Å². The fourth-order valence-corrected chi connectivity index (χ4v) is 1.21. The first-order valence-corrected chi connectivity index (χ1v) is 5.56. The zero-order valence-electron chi connectivity index (χ0n) is 10.6. The van der Waals surface area contributed by atoms with Gasteiger partial charge in [0.15, 0.2) is 5.78 Å². The summed E-state index contributed by atoms with van der Waals surface area (Å²) < 4.78 is 0. The Morgan fingerprint density at radius 2 is 1.56 bits per heavy atom. The van der Waals surface area contributed by atoms with Gasteiger partial charge in [-0.15, -0.1) is 0 Å². The van der Waals surface area contributed by atoms with Crippen LogP contribution in [0.3, 0.4) is 0 Å². The minimum Gasteiger partial charge on any atom is -0.480 e. The van der Waals surface area contributed by atoms with E-state index in [9.17, 15) is 19.2 Å². The van der Waals surface area contributed by atoms with Crippen LogP contribution in [0, 0.1) is 0 Å². The predicted molar refractivity (Wildman–Crippen MR) is 62.8 cm³/mol. The molecule has 0 aliphatic carbocycles. The summed E-state index contributed by atoms with van der Waals surface area (Å²) in [5.41, 5.74) is 0. The fourth-order valence-electron chi connectivity index (χ4n) is 1.21. The second kappa shape index (κ2) is 7.41. The summed E-state index contributed by atoms with van der Waals surface area (Å²) in [6.07, 6.45) is -0.139. The second-order valence-electron chi connectivity index (χ2n) is 4.02. The van der Waals surface area contributed by atoms with Crippen molar-refractivity contribution in [1.29, 1.82) is 0 Å². The van der Waals surface area contributed by atoms with Crippen molar-refractivity contribution < 1.29 is 24.3 Å². The van der Waals surface area contributed by atoms with E-state index in [0.29, 0.717) is 0 Å². The first kappa shape index (κ1) is 16.1. The Morgan fingerprint density at radius 1 is 1.00 bits per heavy atom. The molecule has 0 aromatic carbocycles. The van der Waals surface area contributed by atoms with Gasteiger partial charge in [-0.25, -0.2) is 0 Å². The highest BCUT2D eigenvalue weighted by Gasteiger charge is 2.17. The molecular formula is C11H18N2O5. The number of hydrogen-bond acceptors (Lipinski definition) is 4. The van der Waals surface area contributed by atoms with E-state index in [1.807, 2.05) is 0 Å². The minimum atomic E-state index is -1.14. The summed E-state index contributed by atoms with van der Waals surface area (Å²) >= 11 is 0. The number of aliphatic carboxylic acids is 1. The molecule has 7 nitrogen and oxygen atoms in total. The van der Waals surface area contributed by atoms with E-state index in [1.54, 1.807) is 0 Å². The fraction of sp³-hybridized carbons (Fsp3) is 0.636. The number of carboxylic acids is 1. The molecule has 0 aromatic rings. The van der Waals surface area contributed by atoms with Crippen LogP contribution in [0.2, 0.25) is 0 Å². The zero-order valence-corrected chi connectivity index (χ0v) is 10.6. The van der Waals surface area contributed by atoms with Crippen molar-refractivity contribution in [2.45, 2.75) is 45.7 Å². The molecule has 0 aromatic heterocycles. The SMILES string of the molecule is CC(=O)NC(C)C(=O)CCC(=O)NC(C)C(=O)O. The minimum absolute atomic E-state index is 0.0420. The molecule has 102 valence electrons. The molecule has 2 atom stereocenters. The Kier molecular flexibility index (Phi) is 6.62. The third kappa shape index (κ3) is 6.62. The molecule has 18 heavy (non-hydrogen) atoms. The maximum Gasteiger partial charge on any atom is 0.325 e. The molecule has 2 unspecified atom stereocenters. The van der Waals surface area contributed by atoms with Gasteiger partial charge in [0.05, 0.1) is 6.04 Å². The van der Waals surface area contributed by atoms with Crippen LogP contribution in [0.4, 0.5) is 0 Å². The predicted octanol–water partition coefficient (Wildman–Crippen LogP) is -0.550. The molecule has 0 radical (unpaired) electrons. The molecule has 7 heteroatoms. The number of carbonyl (C=O) groups is 4. The van der Waals surface area contributed by atoms with E-state index in [0.717, 1.165) is 0 Å². The van der Waals surface area contributed by atoms with Crippen molar-refractivity contribution in [2.75, 3.05) is 0 Å². The summed E-state index contributed by atoms with van der Waals surface area (Å²) in [6, 6.07) is -1.63. The Hall–Kier alpha value is -1.92. The van der Waals surface area contributed by atoms with Crippen LogP contribution in [-0.2, 0) is 19.2 Å². The summed E-state index contributed by atoms with van der Waals surface area (Å²) in [5, 5.41) is 13.2. The largest absolute Gasteiger partial charge is 0.480 e. The number of carbonyl (C=O) groups excluding carboxylic acids is 3. The van der Waals surface area contributed by atoms with E-state index < -0.39 is 24.0 Å². The van der Waals surface area contributed by atoms with Crippen LogP contribution in [0.1, 0.15) is 33.6 Å². The Balaban J connectivity index is 4.02. The number of rotatable bonds is 7. The molecule has 0 fully saturated rings. The average Bonchev–Trinajstić information content (AvgIpc) is 2.24. The van der Waals surface area contributed by atoms with E-state index in [4.69, 9.17) is 5.11 Å². The van der Waals surface area contributed by atoms with Gasteiger partial charge in [-0.2, -0.15) is 0 Å². The van der Waals surface area contributed by atoms with Crippen molar-refractivity contribution >= 4 is 23.6 Å². The van der Waals surface area contributed by atoms with Gasteiger partial charge in [0, 0.05) is 19.8 Å². The summed E-state index contributed by atoms with van der Waals surface area (Å²) in [4.78, 5) is 44.0. The molecule has 0 saturated heterocycles. The van der Waals surface area contributed by atoms with Crippen molar-refractivity contribution in [3.05, 3.63) is 0 Å². The van der Waals surface area contributed by atoms with Gasteiger partial charge >= 0.3 is 5.97 Å². The van der Waals surface area contributed by atoms with Crippen LogP contribution in [-0.4, -0.2) is 40.8 Å². The number of nitrogens with one attached hydrogen (secondary N) is 2. The highest BCUT2D eigenvalue weighted by molar-refractivity contribution is 5.91. The van der Waals surface area contributed by atoms with Crippen molar-refractivity contribution in [2.24, 2.45) is 0 Å². The van der Waals surface area contributed by atoms with Gasteiger partial charge in [0.25, 0.3) is 0 Å².